The van der Waals surface area contributed by atoms with Crippen LogP contribution in [0.5, 0.6) is 5.75 Å². The zero-order chi connectivity index (χ0) is 22.6. The quantitative estimate of drug-likeness (QED) is 0.523. The van der Waals surface area contributed by atoms with Crippen molar-refractivity contribution in [1.82, 2.24) is 0 Å². The number of methoxy groups -OCH3 is 1. The third kappa shape index (κ3) is 5.33. The molecule has 0 aliphatic rings. The predicted molar refractivity (Wildman–Crippen MR) is 119 cm³/mol. The first-order valence-electron chi connectivity index (χ1n) is 9.21. The molecule has 0 heterocycles. The molecule has 0 saturated carbocycles. The van der Waals surface area contributed by atoms with Gasteiger partial charge in [0, 0.05) is 6.07 Å². The highest BCUT2D eigenvalue weighted by molar-refractivity contribution is 7.93. The third-order valence-corrected chi connectivity index (χ3v) is 7.15. The smallest absolute Gasteiger partial charge is 0.264 e. The van der Waals surface area contributed by atoms with Gasteiger partial charge in [-0.2, -0.15) is 0 Å². The van der Waals surface area contributed by atoms with Gasteiger partial charge in [-0.3, -0.25) is 9.44 Å². The van der Waals surface area contributed by atoms with Crippen LogP contribution in [-0.4, -0.2) is 29.7 Å². The van der Waals surface area contributed by atoms with E-state index in [2.05, 4.69) is 9.44 Å². The maximum absolute atomic E-state index is 14.4. The zero-order valence-corrected chi connectivity index (χ0v) is 18.4. The summed E-state index contributed by atoms with van der Waals surface area (Å²) in [7, 11) is -6.75. The summed E-state index contributed by atoms with van der Waals surface area (Å²) in [4.78, 5) is -0.366. The number of rotatable bonds is 8. The van der Waals surface area contributed by atoms with E-state index in [9.17, 15) is 21.2 Å². The number of hydrogen-bond acceptors (Lipinski definition) is 5. The minimum atomic E-state index is -4.34. The van der Waals surface area contributed by atoms with Crippen LogP contribution >= 0.6 is 0 Å². The highest BCUT2D eigenvalue weighted by Crippen LogP contribution is 2.31. The molecule has 0 atom stereocenters. The second-order valence-corrected chi connectivity index (χ2v) is 10.2. The average molecular weight is 465 g/mol. The molecule has 0 radical (unpaired) electrons. The highest BCUT2D eigenvalue weighted by Gasteiger charge is 2.23. The fourth-order valence-corrected chi connectivity index (χ4v) is 4.72. The molecule has 0 bridgehead atoms. The van der Waals surface area contributed by atoms with E-state index in [1.165, 1.54) is 44.4 Å². The summed E-state index contributed by atoms with van der Waals surface area (Å²) in [5.74, 6) is -0.775. The lowest BCUT2D eigenvalue weighted by molar-refractivity contribution is 0.414. The van der Waals surface area contributed by atoms with Gasteiger partial charge in [-0.1, -0.05) is 36.4 Å². The number of ether oxygens (including phenoxy) is 1. The van der Waals surface area contributed by atoms with Crippen molar-refractivity contribution in [2.75, 3.05) is 22.3 Å². The molecule has 0 saturated heterocycles. The van der Waals surface area contributed by atoms with E-state index in [0.717, 1.165) is 11.6 Å². The summed E-state index contributed by atoms with van der Waals surface area (Å²) in [5, 5.41) is 0. The number of hydrogen-bond donors (Lipinski definition) is 2. The number of benzene rings is 3. The molecule has 3 aromatic rings. The monoisotopic (exact) mass is 464 g/mol. The van der Waals surface area contributed by atoms with E-state index in [-0.39, 0.29) is 27.8 Å². The van der Waals surface area contributed by atoms with Gasteiger partial charge in [-0.15, -0.1) is 0 Å². The predicted octanol–water partition coefficient (Wildman–Crippen LogP) is 4.06. The molecule has 0 aliphatic heterocycles. The van der Waals surface area contributed by atoms with Crippen LogP contribution in [0.4, 0.5) is 15.8 Å². The highest BCUT2D eigenvalue weighted by atomic mass is 32.2. The van der Waals surface area contributed by atoms with Gasteiger partial charge in [-0.25, -0.2) is 21.2 Å². The molecule has 0 aromatic heterocycles. The molecule has 3 rings (SSSR count). The Hall–Kier alpha value is -3.11. The second kappa shape index (κ2) is 8.94. The fraction of sp³-hybridized carbons (Fsp3) is 0.143. The van der Waals surface area contributed by atoms with Gasteiger partial charge in [0.15, 0.2) is 0 Å². The molecule has 3 aromatic carbocycles. The molecule has 0 aliphatic carbocycles. The van der Waals surface area contributed by atoms with E-state index in [1.807, 2.05) is 30.3 Å². The van der Waals surface area contributed by atoms with E-state index in [4.69, 9.17) is 4.74 Å². The minimum Gasteiger partial charge on any atom is -0.497 e. The van der Waals surface area contributed by atoms with Crippen LogP contribution in [0.2, 0.25) is 0 Å². The van der Waals surface area contributed by atoms with Crippen molar-refractivity contribution in [1.29, 1.82) is 0 Å². The molecule has 2 N–H and O–H groups in total. The first-order valence-corrected chi connectivity index (χ1v) is 12.3. The number of halogens is 1. The van der Waals surface area contributed by atoms with Crippen molar-refractivity contribution < 1.29 is 26.0 Å². The first-order chi connectivity index (χ1) is 14.6. The van der Waals surface area contributed by atoms with Gasteiger partial charge in [0.05, 0.1) is 24.2 Å². The number of sulfonamides is 2. The fourth-order valence-electron chi connectivity index (χ4n) is 2.80. The molecular formula is C21H21FN2O5S2. The van der Waals surface area contributed by atoms with E-state index in [1.54, 1.807) is 0 Å². The Bertz CT molecular complexity index is 1290. The Morgan fingerprint density at radius 1 is 0.839 bits per heavy atom. The standard InChI is InChI=1S/C21H21FN2O5S2/c1-3-30(25,26)23-20-14-17(29-2)10-12-21(20)31(27,28)24-19-13-16(9-11-18(19)22)15-7-5-4-6-8-15/h4-14,23-24H,3H2,1-2H3. The molecule has 0 amide bonds. The zero-order valence-electron chi connectivity index (χ0n) is 16.8. The molecule has 164 valence electrons. The van der Waals surface area contributed by atoms with Crippen LogP contribution < -0.4 is 14.2 Å². The lowest BCUT2D eigenvalue weighted by atomic mass is 10.1. The van der Waals surface area contributed by atoms with Crippen LogP contribution in [0.15, 0.2) is 71.6 Å². The summed E-state index contributed by atoms with van der Waals surface area (Å²) >= 11 is 0. The van der Waals surface area contributed by atoms with Crippen molar-refractivity contribution in [2.24, 2.45) is 0 Å². The van der Waals surface area contributed by atoms with Crippen molar-refractivity contribution in [3.63, 3.8) is 0 Å². The van der Waals surface area contributed by atoms with Gasteiger partial charge in [0.1, 0.15) is 16.5 Å². The second-order valence-electron chi connectivity index (χ2n) is 6.53. The summed E-state index contributed by atoms with van der Waals surface area (Å²) in [6.45, 7) is 1.42. The van der Waals surface area contributed by atoms with Gasteiger partial charge in [-0.05, 0) is 42.3 Å². The number of anilines is 2. The maximum atomic E-state index is 14.4. The molecule has 0 fully saturated rings. The van der Waals surface area contributed by atoms with E-state index in [0.29, 0.717) is 5.56 Å². The van der Waals surface area contributed by atoms with E-state index < -0.39 is 25.9 Å². The van der Waals surface area contributed by atoms with Gasteiger partial charge in [0.2, 0.25) is 10.0 Å². The summed E-state index contributed by atoms with van der Waals surface area (Å²) in [6.07, 6.45) is 0. The maximum Gasteiger partial charge on any atom is 0.264 e. The van der Waals surface area contributed by atoms with Crippen molar-refractivity contribution >= 4 is 31.4 Å². The largest absolute Gasteiger partial charge is 0.497 e. The van der Waals surface area contributed by atoms with Gasteiger partial charge >= 0.3 is 0 Å². The van der Waals surface area contributed by atoms with Crippen LogP contribution in [0.1, 0.15) is 6.92 Å². The number of nitrogens with one attached hydrogen (secondary N) is 2. The lowest BCUT2D eigenvalue weighted by Gasteiger charge is -2.16. The van der Waals surface area contributed by atoms with Crippen molar-refractivity contribution in [2.45, 2.75) is 11.8 Å². The molecule has 7 nitrogen and oxygen atoms in total. The Kier molecular flexibility index (Phi) is 6.51. The minimum absolute atomic E-state index is 0.201. The van der Waals surface area contributed by atoms with Gasteiger partial charge in [0.25, 0.3) is 10.0 Å². The van der Waals surface area contributed by atoms with E-state index >= 15 is 0 Å². The summed E-state index contributed by atoms with van der Waals surface area (Å²) < 4.78 is 74.1. The van der Waals surface area contributed by atoms with Crippen LogP contribution in [-0.2, 0) is 20.0 Å². The van der Waals surface area contributed by atoms with Crippen LogP contribution in [0.25, 0.3) is 11.1 Å². The Morgan fingerprint density at radius 2 is 1.55 bits per heavy atom. The average Bonchev–Trinajstić information content (AvgIpc) is 2.75. The summed E-state index contributed by atoms with van der Waals surface area (Å²) in [6, 6.07) is 17.0. The molecular weight excluding hydrogens is 443 g/mol. The Balaban J connectivity index is 2.03. The molecule has 0 unspecified atom stereocenters. The molecule has 10 heteroatoms. The Labute approximate surface area is 181 Å². The lowest BCUT2D eigenvalue weighted by Crippen LogP contribution is -2.20. The molecule has 31 heavy (non-hydrogen) atoms. The van der Waals surface area contributed by atoms with Crippen molar-refractivity contribution in [3.05, 3.63) is 72.5 Å². The first kappa shape index (κ1) is 22.6. The SMILES string of the molecule is CCS(=O)(=O)Nc1cc(OC)ccc1S(=O)(=O)Nc1cc(-c2ccccc2)ccc1F. The normalized spacial score (nSPS) is 11.7. The van der Waals surface area contributed by atoms with Gasteiger partial charge < -0.3 is 4.74 Å². The van der Waals surface area contributed by atoms with Crippen LogP contribution in [0.3, 0.4) is 0 Å². The Morgan fingerprint density at radius 3 is 2.19 bits per heavy atom. The third-order valence-electron chi connectivity index (χ3n) is 4.44. The van der Waals surface area contributed by atoms with Crippen molar-refractivity contribution in [3.8, 4) is 16.9 Å². The summed E-state index contributed by atoms with van der Waals surface area (Å²) in [5.41, 5.74) is 0.930. The topological polar surface area (TPSA) is 102 Å². The van der Waals surface area contributed by atoms with Crippen LogP contribution in [0, 0.1) is 5.82 Å². The molecule has 0 spiro atoms.